The molecule has 0 radical (unpaired) electrons. The molecule has 0 atom stereocenters. The van der Waals surface area contributed by atoms with E-state index in [0.29, 0.717) is 11.7 Å². The van der Waals surface area contributed by atoms with Gasteiger partial charge in [0.05, 0.1) is 5.56 Å². The van der Waals surface area contributed by atoms with Crippen LogP contribution in [0.5, 0.6) is 11.6 Å². The van der Waals surface area contributed by atoms with Crippen LogP contribution in [0.4, 0.5) is 5.82 Å². The first-order valence-corrected chi connectivity index (χ1v) is 6.92. The standard InChI is InChI=1S/C15H18ClN3O/c1-5-11-8-12(6-7-13(11)16)20-15-9(2)14(17-4)18-10(3)19-15/h6-8H,5H2,1-4H3,(H,17,18,19). The van der Waals surface area contributed by atoms with E-state index in [2.05, 4.69) is 22.2 Å². The van der Waals surface area contributed by atoms with Gasteiger partial charge in [-0.2, -0.15) is 4.98 Å². The average molecular weight is 292 g/mol. The van der Waals surface area contributed by atoms with Crippen LogP contribution >= 0.6 is 11.6 Å². The van der Waals surface area contributed by atoms with E-state index in [1.807, 2.05) is 39.1 Å². The van der Waals surface area contributed by atoms with E-state index in [0.717, 1.165) is 34.1 Å². The Hall–Kier alpha value is -1.81. The Kier molecular flexibility index (Phi) is 4.45. The molecule has 0 aliphatic carbocycles. The van der Waals surface area contributed by atoms with E-state index >= 15 is 0 Å². The summed E-state index contributed by atoms with van der Waals surface area (Å²) in [7, 11) is 1.83. The van der Waals surface area contributed by atoms with Crippen molar-refractivity contribution in [2.45, 2.75) is 27.2 Å². The van der Waals surface area contributed by atoms with Crippen molar-refractivity contribution in [3.63, 3.8) is 0 Å². The number of aromatic nitrogens is 2. The Labute approximate surface area is 124 Å². The van der Waals surface area contributed by atoms with Crippen LogP contribution < -0.4 is 10.1 Å². The summed E-state index contributed by atoms with van der Waals surface area (Å²) in [6.07, 6.45) is 0.861. The van der Waals surface area contributed by atoms with Gasteiger partial charge in [0.25, 0.3) is 0 Å². The van der Waals surface area contributed by atoms with Crippen molar-refractivity contribution in [3.05, 3.63) is 40.2 Å². The second-order valence-corrected chi connectivity index (χ2v) is 4.92. The van der Waals surface area contributed by atoms with Gasteiger partial charge < -0.3 is 10.1 Å². The topological polar surface area (TPSA) is 47.0 Å². The lowest BCUT2D eigenvalue weighted by Gasteiger charge is -2.12. The van der Waals surface area contributed by atoms with Gasteiger partial charge in [-0.05, 0) is 44.0 Å². The molecular weight excluding hydrogens is 274 g/mol. The molecule has 1 heterocycles. The van der Waals surface area contributed by atoms with Gasteiger partial charge in [0.15, 0.2) is 0 Å². The molecule has 0 spiro atoms. The third-order valence-electron chi connectivity index (χ3n) is 3.06. The van der Waals surface area contributed by atoms with Gasteiger partial charge in [0, 0.05) is 12.1 Å². The molecule has 0 fully saturated rings. The third kappa shape index (κ3) is 3.02. The van der Waals surface area contributed by atoms with Gasteiger partial charge >= 0.3 is 0 Å². The second kappa shape index (κ2) is 6.09. The highest BCUT2D eigenvalue weighted by molar-refractivity contribution is 6.31. The monoisotopic (exact) mass is 291 g/mol. The van der Waals surface area contributed by atoms with Crippen LogP contribution in [0.15, 0.2) is 18.2 Å². The van der Waals surface area contributed by atoms with Crippen molar-refractivity contribution >= 4 is 17.4 Å². The number of hydrogen-bond acceptors (Lipinski definition) is 4. The number of nitrogens with one attached hydrogen (secondary N) is 1. The molecule has 4 nitrogen and oxygen atoms in total. The van der Waals surface area contributed by atoms with Gasteiger partial charge in [-0.15, -0.1) is 0 Å². The number of nitrogens with zero attached hydrogens (tertiary/aromatic N) is 2. The molecule has 2 aromatic rings. The highest BCUT2D eigenvalue weighted by atomic mass is 35.5. The Morgan fingerprint density at radius 2 is 2.00 bits per heavy atom. The minimum atomic E-state index is 0.561. The van der Waals surface area contributed by atoms with E-state index in [9.17, 15) is 0 Å². The highest BCUT2D eigenvalue weighted by Crippen LogP contribution is 2.29. The summed E-state index contributed by atoms with van der Waals surface area (Å²) in [5, 5.41) is 3.80. The van der Waals surface area contributed by atoms with Crippen molar-refractivity contribution in [3.8, 4) is 11.6 Å². The zero-order valence-electron chi connectivity index (χ0n) is 12.1. The maximum atomic E-state index is 6.11. The number of halogens is 1. The zero-order valence-corrected chi connectivity index (χ0v) is 12.9. The Bertz CT molecular complexity index is 629. The van der Waals surface area contributed by atoms with Crippen molar-refractivity contribution in [2.24, 2.45) is 0 Å². The van der Waals surface area contributed by atoms with Gasteiger partial charge in [0.2, 0.25) is 5.88 Å². The average Bonchev–Trinajstić information content (AvgIpc) is 2.44. The van der Waals surface area contributed by atoms with Crippen molar-refractivity contribution in [1.29, 1.82) is 0 Å². The summed E-state index contributed by atoms with van der Waals surface area (Å²) >= 11 is 6.11. The highest BCUT2D eigenvalue weighted by Gasteiger charge is 2.11. The molecule has 1 N–H and O–H groups in total. The maximum Gasteiger partial charge on any atom is 0.227 e. The zero-order chi connectivity index (χ0) is 14.7. The number of aryl methyl sites for hydroxylation is 2. The summed E-state index contributed by atoms with van der Waals surface area (Å²) in [6.45, 7) is 5.83. The first-order valence-electron chi connectivity index (χ1n) is 6.54. The minimum Gasteiger partial charge on any atom is -0.439 e. The molecule has 0 saturated heterocycles. The lowest BCUT2D eigenvalue weighted by atomic mass is 10.1. The van der Waals surface area contributed by atoms with Gasteiger partial charge in [-0.25, -0.2) is 4.98 Å². The van der Waals surface area contributed by atoms with E-state index in [-0.39, 0.29) is 0 Å². The van der Waals surface area contributed by atoms with Crippen molar-refractivity contribution < 1.29 is 4.74 Å². The van der Waals surface area contributed by atoms with Crippen molar-refractivity contribution in [1.82, 2.24) is 9.97 Å². The molecular formula is C15H18ClN3O. The number of hydrogen-bond donors (Lipinski definition) is 1. The minimum absolute atomic E-state index is 0.561. The maximum absolute atomic E-state index is 6.11. The molecule has 106 valence electrons. The predicted octanol–water partition coefficient (Wildman–Crippen LogP) is 4.14. The van der Waals surface area contributed by atoms with Crippen LogP contribution in [0.1, 0.15) is 23.9 Å². The van der Waals surface area contributed by atoms with Gasteiger partial charge in [0.1, 0.15) is 17.4 Å². The van der Waals surface area contributed by atoms with E-state index in [1.165, 1.54) is 0 Å². The normalized spacial score (nSPS) is 10.4. The smallest absolute Gasteiger partial charge is 0.227 e. The molecule has 1 aromatic heterocycles. The molecule has 0 saturated carbocycles. The molecule has 0 amide bonds. The lowest BCUT2D eigenvalue weighted by molar-refractivity contribution is 0.455. The quantitative estimate of drug-likeness (QED) is 0.919. The van der Waals surface area contributed by atoms with E-state index < -0.39 is 0 Å². The van der Waals surface area contributed by atoms with Crippen LogP contribution in [0.2, 0.25) is 5.02 Å². The largest absolute Gasteiger partial charge is 0.439 e. The molecule has 1 aromatic carbocycles. The summed E-state index contributed by atoms with van der Waals surface area (Å²) in [6, 6.07) is 5.63. The first-order chi connectivity index (χ1) is 9.55. The fourth-order valence-corrected chi connectivity index (χ4v) is 2.19. The predicted molar refractivity (Wildman–Crippen MR) is 82.0 cm³/mol. The molecule has 0 aliphatic heterocycles. The summed E-state index contributed by atoms with van der Waals surface area (Å²) in [5.74, 6) is 2.73. The molecule has 0 aliphatic rings. The van der Waals surface area contributed by atoms with Crippen LogP contribution in [-0.2, 0) is 6.42 Å². The Morgan fingerprint density at radius 3 is 2.65 bits per heavy atom. The Balaban J connectivity index is 2.37. The summed E-state index contributed by atoms with van der Waals surface area (Å²) in [5.41, 5.74) is 1.94. The number of ether oxygens (including phenoxy) is 1. The lowest BCUT2D eigenvalue weighted by Crippen LogP contribution is -2.03. The molecule has 0 unspecified atom stereocenters. The number of benzene rings is 1. The Morgan fingerprint density at radius 1 is 1.25 bits per heavy atom. The second-order valence-electron chi connectivity index (χ2n) is 4.51. The molecule has 20 heavy (non-hydrogen) atoms. The van der Waals surface area contributed by atoms with E-state index in [1.54, 1.807) is 0 Å². The van der Waals surface area contributed by atoms with Gasteiger partial charge in [-0.3, -0.25) is 0 Å². The molecule has 2 rings (SSSR count). The fraction of sp³-hybridized carbons (Fsp3) is 0.333. The number of anilines is 1. The van der Waals surface area contributed by atoms with Crippen LogP contribution in [-0.4, -0.2) is 17.0 Å². The SMILES string of the molecule is CCc1cc(Oc2nc(C)nc(NC)c2C)ccc1Cl. The summed E-state index contributed by atoms with van der Waals surface area (Å²) in [4.78, 5) is 8.67. The van der Waals surface area contributed by atoms with Crippen LogP contribution in [0.25, 0.3) is 0 Å². The van der Waals surface area contributed by atoms with Gasteiger partial charge in [-0.1, -0.05) is 18.5 Å². The third-order valence-corrected chi connectivity index (χ3v) is 3.43. The van der Waals surface area contributed by atoms with Crippen molar-refractivity contribution in [2.75, 3.05) is 12.4 Å². The van der Waals surface area contributed by atoms with E-state index in [4.69, 9.17) is 16.3 Å². The van der Waals surface area contributed by atoms with Crippen LogP contribution in [0.3, 0.4) is 0 Å². The fourth-order valence-electron chi connectivity index (χ4n) is 1.94. The summed E-state index contributed by atoms with van der Waals surface area (Å²) < 4.78 is 5.88. The molecule has 0 bridgehead atoms. The van der Waals surface area contributed by atoms with Crippen LogP contribution in [0, 0.1) is 13.8 Å². The molecule has 5 heteroatoms. The first kappa shape index (κ1) is 14.6. The number of rotatable bonds is 4.